The summed E-state index contributed by atoms with van der Waals surface area (Å²) in [6.45, 7) is 5.69. The number of rotatable bonds is 8. The smallest absolute Gasteiger partial charge is 0.119 e. The summed E-state index contributed by atoms with van der Waals surface area (Å²) in [7, 11) is 1.67. The van der Waals surface area contributed by atoms with Crippen LogP contribution in [-0.2, 0) is 4.74 Å². The molecule has 0 radical (unpaired) electrons. The Bertz CT molecular complexity index is 356. The lowest BCUT2D eigenvalue weighted by molar-refractivity contribution is 0.124. The zero-order valence-electron chi connectivity index (χ0n) is 11.5. The molecular weight excluding hydrogens is 228 g/mol. The molecule has 0 saturated carbocycles. The van der Waals surface area contributed by atoms with E-state index in [4.69, 9.17) is 15.3 Å². The number of benzene rings is 1. The van der Waals surface area contributed by atoms with Crippen LogP contribution in [0.5, 0.6) is 5.75 Å². The molecule has 1 atom stereocenters. The second-order valence-corrected chi connectivity index (χ2v) is 4.34. The number of methoxy groups -OCH3 is 1. The first-order valence-corrected chi connectivity index (χ1v) is 6.41. The second-order valence-electron chi connectivity index (χ2n) is 4.34. The van der Waals surface area contributed by atoms with Crippen molar-refractivity contribution in [2.45, 2.75) is 32.7 Å². The van der Waals surface area contributed by atoms with Crippen LogP contribution in [-0.4, -0.2) is 20.3 Å². The van der Waals surface area contributed by atoms with Crippen molar-refractivity contribution >= 4 is 0 Å². The Labute approximate surface area is 109 Å². The maximum absolute atomic E-state index is 5.62. The standard InChI is InChI=1S/C14H24N2O2/c1-4-8-18-9-7-14(16-15)13-6-5-12(17-3)10-11(13)2/h5-6,10,14,16H,4,7-9,15H2,1-3H3. The molecule has 1 aromatic carbocycles. The highest BCUT2D eigenvalue weighted by Gasteiger charge is 2.12. The molecule has 0 amide bonds. The van der Waals surface area contributed by atoms with E-state index in [0.717, 1.165) is 25.2 Å². The number of nitrogens with two attached hydrogens (primary N) is 1. The van der Waals surface area contributed by atoms with Gasteiger partial charge in [0.15, 0.2) is 0 Å². The molecule has 0 bridgehead atoms. The normalized spacial score (nSPS) is 12.4. The molecule has 0 aliphatic heterocycles. The van der Waals surface area contributed by atoms with Gasteiger partial charge in [-0.1, -0.05) is 13.0 Å². The zero-order chi connectivity index (χ0) is 13.4. The van der Waals surface area contributed by atoms with Crippen molar-refractivity contribution in [2.24, 2.45) is 5.84 Å². The third-order valence-corrected chi connectivity index (χ3v) is 2.95. The van der Waals surface area contributed by atoms with Gasteiger partial charge in [-0.05, 0) is 43.0 Å². The number of hydrazine groups is 1. The highest BCUT2D eigenvalue weighted by atomic mass is 16.5. The molecule has 3 N–H and O–H groups in total. The zero-order valence-corrected chi connectivity index (χ0v) is 11.5. The van der Waals surface area contributed by atoms with Crippen molar-refractivity contribution in [3.05, 3.63) is 29.3 Å². The van der Waals surface area contributed by atoms with Crippen molar-refractivity contribution in [1.29, 1.82) is 0 Å². The van der Waals surface area contributed by atoms with Gasteiger partial charge in [-0.3, -0.25) is 11.3 Å². The van der Waals surface area contributed by atoms with Crippen LogP contribution in [0.15, 0.2) is 18.2 Å². The lowest BCUT2D eigenvalue weighted by atomic mass is 9.99. The first-order valence-electron chi connectivity index (χ1n) is 6.41. The van der Waals surface area contributed by atoms with Gasteiger partial charge in [0.2, 0.25) is 0 Å². The fraction of sp³-hybridized carbons (Fsp3) is 0.571. The number of ether oxygens (including phenoxy) is 2. The number of nitrogens with one attached hydrogen (secondary N) is 1. The van der Waals surface area contributed by atoms with E-state index in [9.17, 15) is 0 Å². The summed E-state index contributed by atoms with van der Waals surface area (Å²) in [6, 6.07) is 6.15. The summed E-state index contributed by atoms with van der Waals surface area (Å²) in [4.78, 5) is 0. The summed E-state index contributed by atoms with van der Waals surface area (Å²) >= 11 is 0. The van der Waals surface area contributed by atoms with E-state index in [-0.39, 0.29) is 6.04 Å². The minimum Gasteiger partial charge on any atom is -0.497 e. The average Bonchev–Trinajstić information content (AvgIpc) is 2.39. The summed E-state index contributed by atoms with van der Waals surface area (Å²) in [5, 5.41) is 0. The molecule has 1 rings (SSSR count). The molecule has 0 heterocycles. The molecule has 4 heteroatoms. The molecule has 102 valence electrons. The van der Waals surface area contributed by atoms with Gasteiger partial charge in [-0.25, -0.2) is 0 Å². The molecule has 1 unspecified atom stereocenters. The molecule has 0 saturated heterocycles. The summed E-state index contributed by atoms with van der Waals surface area (Å²) in [6.07, 6.45) is 1.91. The van der Waals surface area contributed by atoms with Gasteiger partial charge >= 0.3 is 0 Å². The van der Waals surface area contributed by atoms with Gasteiger partial charge in [-0.15, -0.1) is 0 Å². The van der Waals surface area contributed by atoms with Crippen LogP contribution >= 0.6 is 0 Å². The van der Waals surface area contributed by atoms with Crippen LogP contribution in [0.4, 0.5) is 0 Å². The summed E-state index contributed by atoms with van der Waals surface area (Å²) < 4.78 is 10.7. The van der Waals surface area contributed by atoms with Crippen LogP contribution in [0.1, 0.15) is 36.9 Å². The van der Waals surface area contributed by atoms with E-state index in [1.165, 1.54) is 11.1 Å². The lowest BCUT2D eigenvalue weighted by Crippen LogP contribution is -2.29. The quantitative estimate of drug-likeness (QED) is 0.423. The lowest BCUT2D eigenvalue weighted by Gasteiger charge is -2.19. The third kappa shape index (κ3) is 4.29. The van der Waals surface area contributed by atoms with Crippen LogP contribution in [0.3, 0.4) is 0 Å². The molecule has 0 aliphatic carbocycles. The molecule has 1 aromatic rings. The molecular formula is C14H24N2O2. The van der Waals surface area contributed by atoms with E-state index in [2.05, 4.69) is 25.3 Å². The van der Waals surface area contributed by atoms with E-state index < -0.39 is 0 Å². The maximum atomic E-state index is 5.62. The Morgan fingerprint density at radius 1 is 1.33 bits per heavy atom. The molecule has 0 fully saturated rings. The van der Waals surface area contributed by atoms with E-state index >= 15 is 0 Å². The van der Waals surface area contributed by atoms with Crippen LogP contribution in [0, 0.1) is 6.92 Å². The Balaban J connectivity index is 2.63. The van der Waals surface area contributed by atoms with Gasteiger partial charge in [0.1, 0.15) is 5.75 Å². The molecule has 4 nitrogen and oxygen atoms in total. The summed E-state index contributed by atoms with van der Waals surface area (Å²) in [5.74, 6) is 6.49. The van der Waals surface area contributed by atoms with Crippen LogP contribution in [0.25, 0.3) is 0 Å². The molecule has 0 aliphatic rings. The average molecular weight is 252 g/mol. The topological polar surface area (TPSA) is 56.5 Å². The van der Waals surface area contributed by atoms with E-state index in [1.54, 1.807) is 7.11 Å². The predicted octanol–water partition coefficient (Wildman–Crippen LogP) is 2.32. The fourth-order valence-corrected chi connectivity index (χ4v) is 1.94. The van der Waals surface area contributed by atoms with Gasteiger partial charge < -0.3 is 9.47 Å². The third-order valence-electron chi connectivity index (χ3n) is 2.95. The minimum absolute atomic E-state index is 0.118. The van der Waals surface area contributed by atoms with Crippen molar-refractivity contribution in [3.8, 4) is 5.75 Å². The second kappa shape index (κ2) is 8.08. The first kappa shape index (κ1) is 15.0. The van der Waals surface area contributed by atoms with Crippen molar-refractivity contribution < 1.29 is 9.47 Å². The van der Waals surface area contributed by atoms with Crippen molar-refractivity contribution in [1.82, 2.24) is 5.43 Å². The van der Waals surface area contributed by atoms with Gasteiger partial charge in [0.05, 0.1) is 7.11 Å². The van der Waals surface area contributed by atoms with Crippen LogP contribution < -0.4 is 16.0 Å². The Morgan fingerprint density at radius 3 is 2.67 bits per heavy atom. The molecule has 18 heavy (non-hydrogen) atoms. The monoisotopic (exact) mass is 252 g/mol. The summed E-state index contributed by atoms with van der Waals surface area (Å²) in [5.41, 5.74) is 5.22. The highest BCUT2D eigenvalue weighted by molar-refractivity contribution is 5.36. The highest BCUT2D eigenvalue weighted by Crippen LogP contribution is 2.24. The first-order chi connectivity index (χ1) is 8.72. The van der Waals surface area contributed by atoms with E-state index in [1.807, 2.05) is 12.1 Å². The van der Waals surface area contributed by atoms with Gasteiger partial charge in [0, 0.05) is 19.3 Å². The minimum atomic E-state index is 0.118. The number of aryl methyl sites for hydroxylation is 1. The Morgan fingerprint density at radius 2 is 2.11 bits per heavy atom. The maximum Gasteiger partial charge on any atom is 0.119 e. The molecule has 0 spiro atoms. The predicted molar refractivity (Wildman–Crippen MR) is 73.5 cm³/mol. The molecule has 0 aromatic heterocycles. The SMILES string of the molecule is CCCOCCC(NN)c1ccc(OC)cc1C. The largest absolute Gasteiger partial charge is 0.497 e. The van der Waals surface area contributed by atoms with E-state index in [0.29, 0.717) is 6.61 Å². The fourth-order valence-electron chi connectivity index (χ4n) is 1.94. The van der Waals surface area contributed by atoms with Crippen molar-refractivity contribution in [3.63, 3.8) is 0 Å². The number of hydrogen-bond donors (Lipinski definition) is 2. The Hall–Kier alpha value is -1.10. The van der Waals surface area contributed by atoms with Crippen molar-refractivity contribution in [2.75, 3.05) is 20.3 Å². The Kier molecular flexibility index (Phi) is 6.72. The van der Waals surface area contributed by atoms with Gasteiger partial charge in [0.25, 0.3) is 0 Å². The van der Waals surface area contributed by atoms with Crippen LogP contribution in [0.2, 0.25) is 0 Å². The number of hydrogen-bond acceptors (Lipinski definition) is 4. The van der Waals surface area contributed by atoms with Gasteiger partial charge in [-0.2, -0.15) is 0 Å².